The molecule has 1 N–H and O–H groups in total. The number of methoxy groups -OCH3 is 1. The molecule has 2 aromatic heterocycles. The minimum Gasteiger partial charge on any atom is -0.377 e. The Morgan fingerprint density at radius 2 is 2.24 bits per heavy atom. The Labute approximate surface area is 104 Å². The minimum atomic E-state index is 0.439. The van der Waals surface area contributed by atoms with Gasteiger partial charge in [-0.2, -0.15) is 9.61 Å². The molecule has 0 bridgehead atoms. The van der Waals surface area contributed by atoms with Gasteiger partial charge in [0, 0.05) is 26.1 Å². The third kappa shape index (κ3) is 2.99. The predicted molar refractivity (Wildman–Crippen MR) is 66.2 cm³/mol. The molecule has 0 atom stereocenters. The van der Waals surface area contributed by atoms with Crippen molar-refractivity contribution < 1.29 is 4.74 Å². The molecule has 2 rings (SSSR count). The van der Waals surface area contributed by atoms with Crippen LogP contribution in [0, 0.1) is 0 Å². The van der Waals surface area contributed by atoms with Crippen molar-refractivity contribution in [2.45, 2.75) is 32.9 Å². The normalized spacial score (nSPS) is 11.8. The highest BCUT2D eigenvalue weighted by Crippen LogP contribution is 2.14. The highest BCUT2D eigenvalue weighted by Gasteiger charge is 2.10. The number of fused-ring (bicyclic) bond motifs is 1. The summed E-state index contributed by atoms with van der Waals surface area (Å²) in [6.07, 6.45) is 0.915. The minimum absolute atomic E-state index is 0.439. The topological polar surface area (TPSA) is 64.3 Å². The van der Waals surface area contributed by atoms with Crippen LogP contribution in [0.5, 0.6) is 0 Å². The number of hydrogen-bond acceptors (Lipinski definition) is 6. The second-order valence-corrected chi connectivity index (χ2v) is 5.14. The number of aromatic nitrogens is 4. The van der Waals surface area contributed by atoms with Crippen molar-refractivity contribution in [1.82, 2.24) is 25.1 Å². The van der Waals surface area contributed by atoms with Crippen LogP contribution in [0.3, 0.4) is 0 Å². The van der Waals surface area contributed by atoms with Crippen molar-refractivity contribution in [3.05, 3.63) is 10.8 Å². The Hall–Kier alpha value is -1.05. The molecule has 17 heavy (non-hydrogen) atoms. The summed E-state index contributed by atoms with van der Waals surface area (Å²) in [6, 6.07) is 0.504. The maximum absolute atomic E-state index is 5.05. The molecule has 0 amide bonds. The number of nitrogens with one attached hydrogen (secondary N) is 1. The van der Waals surface area contributed by atoms with E-state index < -0.39 is 0 Å². The van der Waals surface area contributed by atoms with Crippen molar-refractivity contribution in [1.29, 1.82) is 0 Å². The molecule has 0 spiro atoms. The standard InChI is InChI=1S/C10H17N5OS/c1-7(2)11-5-4-9-14-15-8(6-16-3)12-13-10(15)17-9/h7,11H,4-6H2,1-3H3. The summed E-state index contributed by atoms with van der Waals surface area (Å²) in [5.41, 5.74) is 0. The summed E-state index contributed by atoms with van der Waals surface area (Å²) < 4.78 is 6.81. The van der Waals surface area contributed by atoms with E-state index in [4.69, 9.17) is 4.74 Å². The van der Waals surface area contributed by atoms with Crippen molar-refractivity contribution in [3.63, 3.8) is 0 Å². The van der Waals surface area contributed by atoms with Crippen molar-refractivity contribution >= 4 is 16.3 Å². The van der Waals surface area contributed by atoms with Gasteiger partial charge in [0.25, 0.3) is 0 Å². The van der Waals surface area contributed by atoms with Crippen LogP contribution in [-0.4, -0.2) is 39.5 Å². The van der Waals surface area contributed by atoms with Gasteiger partial charge in [-0.25, -0.2) is 0 Å². The lowest BCUT2D eigenvalue weighted by Crippen LogP contribution is -2.24. The lowest BCUT2D eigenvalue weighted by atomic mass is 10.3. The van der Waals surface area contributed by atoms with Crippen LogP contribution in [0.4, 0.5) is 0 Å². The van der Waals surface area contributed by atoms with Gasteiger partial charge in [0.2, 0.25) is 4.96 Å². The molecular formula is C10H17N5OS. The van der Waals surface area contributed by atoms with Crippen molar-refractivity contribution in [3.8, 4) is 0 Å². The molecule has 0 saturated heterocycles. The molecule has 7 heteroatoms. The first-order valence-corrected chi connectivity index (χ1v) is 6.44. The summed E-state index contributed by atoms with van der Waals surface area (Å²) in [7, 11) is 1.64. The maximum atomic E-state index is 5.05. The number of hydrogen-bond donors (Lipinski definition) is 1. The number of ether oxygens (including phenoxy) is 1. The summed E-state index contributed by atoms with van der Waals surface area (Å²) in [5.74, 6) is 0.752. The first-order chi connectivity index (χ1) is 8.20. The molecule has 0 aliphatic carbocycles. The molecule has 0 saturated carbocycles. The van der Waals surface area contributed by atoms with E-state index in [1.807, 2.05) is 0 Å². The van der Waals surface area contributed by atoms with Crippen LogP contribution in [0.15, 0.2) is 0 Å². The van der Waals surface area contributed by atoms with Gasteiger partial charge in [-0.15, -0.1) is 10.2 Å². The Morgan fingerprint density at radius 1 is 1.41 bits per heavy atom. The second kappa shape index (κ2) is 5.52. The van der Waals surface area contributed by atoms with Crippen LogP contribution >= 0.6 is 11.3 Å². The Balaban J connectivity index is 2.04. The van der Waals surface area contributed by atoms with Crippen LogP contribution in [0.1, 0.15) is 24.7 Å². The zero-order chi connectivity index (χ0) is 12.3. The van der Waals surface area contributed by atoms with Crippen LogP contribution in [-0.2, 0) is 17.8 Å². The fraction of sp³-hybridized carbons (Fsp3) is 0.700. The fourth-order valence-electron chi connectivity index (χ4n) is 1.48. The van der Waals surface area contributed by atoms with E-state index in [-0.39, 0.29) is 0 Å². The van der Waals surface area contributed by atoms with Gasteiger partial charge in [0.15, 0.2) is 5.82 Å². The van der Waals surface area contributed by atoms with Gasteiger partial charge in [0.1, 0.15) is 11.6 Å². The van der Waals surface area contributed by atoms with Crippen molar-refractivity contribution in [2.24, 2.45) is 0 Å². The Kier molecular flexibility index (Phi) is 4.03. The predicted octanol–water partition coefficient (Wildman–Crippen LogP) is 0.873. The van der Waals surface area contributed by atoms with Crippen LogP contribution in [0.25, 0.3) is 4.96 Å². The molecule has 0 fully saturated rings. The maximum Gasteiger partial charge on any atom is 0.234 e. The van der Waals surface area contributed by atoms with E-state index in [9.17, 15) is 0 Å². The molecular weight excluding hydrogens is 238 g/mol. The van der Waals surface area contributed by atoms with E-state index >= 15 is 0 Å². The Bertz CT molecular complexity index is 478. The van der Waals surface area contributed by atoms with E-state index in [2.05, 4.69) is 34.5 Å². The fourth-order valence-corrected chi connectivity index (χ4v) is 2.34. The lowest BCUT2D eigenvalue weighted by Gasteiger charge is -2.05. The van der Waals surface area contributed by atoms with Gasteiger partial charge in [-0.05, 0) is 0 Å². The van der Waals surface area contributed by atoms with Crippen LogP contribution < -0.4 is 5.32 Å². The zero-order valence-electron chi connectivity index (χ0n) is 10.3. The van der Waals surface area contributed by atoms with Crippen LogP contribution in [0.2, 0.25) is 0 Å². The van der Waals surface area contributed by atoms with Gasteiger partial charge in [0.05, 0.1) is 0 Å². The third-order valence-corrected chi connectivity index (χ3v) is 3.22. The van der Waals surface area contributed by atoms with E-state index in [1.54, 1.807) is 23.0 Å². The first kappa shape index (κ1) is 12.4. The summed E-state index contributed by atoms with van der Waals surface area (Å²) >= 11 is 1.58. The molecule has 0 aliphatic rings. The largest absolute Gasteiger partial charge is 0.377 e. The lowest BCUT2D eigenvalue weighted by molar-refractivity contribution is 0.176. The van der Waals surface area contributed by atoms with E-state index in [0.29, 0.717) is 12.6 Å². The Morgan fingerprint density at radius 3 is 2.94 bits per heavy atom. The van der Waals surface area contributed by atoms with Gasteiger partial charge < -0.3 is 10.1 Å². The van der Waals surface area contributed by atoms with Gasteiger partial charge in [-0.1, -0.05) is 25.2 Å². The van der Waals surface area contributed by atoms with E-state index in [0.717, 1.165) is 28.8 Å². The molecule has 6 nitrogen and oxygen atoms in total. The van der Waals surface area contributed by atoms with Gasteiger partial charge in [-0.3, -0.25) is 0 Å². The molecule has 2 aromatic rings. The zero-order valence-corrected chi connectivity index (χ0v) is 11.1. The van der Waals surface area contributed by atoms with E-state index in [1.165, 1.54) is 0 Å². The molecule has 94 valence electrons. The highest BCUT2D eigenvalue weighted by molar-refractivity contribution is 7.16. The average molecular weight is 255 g/mol. The highest BCUT2D eigenvalue weighted by atomic mass is 32.1. The summed E-state index contributed by atoms with van der Waals surface area (Å²) in [6.45, 7) is 5.64. The van der Waals surface area contributed by atoms with Crippen molar-refractivity contribution in [2.75, 3.05) is 13.7 Å². The molecule has 2 heterocycles. The molecule has 0 unspecified atom stereocenters. The smallest absolute Gasteiger partial charge is 0.234 e. The number of rotatable bonds is 6. The molecule has 0 radical (unpaired) electrons. The van der Waals surface area contributed by atoms with Gasteiger partial charge >= 0.3 is 0 Å². The second-order valence-electron chi connectivity index (χ2n) is 4.10. The summed E-state index contributed by atoms with van der Waals surface area (Å²) in [4.78, 5) is 0.830. The third-order valence-electron chi connectivity index (χ3n) is 2.26. The summed E-state index contributed by atoms with van der Waals surface area (Å²) in [5, 5.41) is 17.0. The quantitative estimate of drug-likeness (QED) is 0.830. The SMILES string of the molecule is COCc1nnc2sc(CCNC(C)C)nn12. The molecule has 0 aromatic carbocycles. The molecule has 0 aliphatic heterocycles. The average Bonchev–Trinajstić information content (AvgIpc) is 2.80. The monoisotopic (exact) mass is 255 g/mol. The number of nitrogens with zero attached hydrogens (tertiary/aromatic N) is 4. The first-order valence-electron chi connectivity index (χ1n) is 5.63.